The highest BCUT2D eigenvalue weighted by molar-refractivity contribution is 5.74. The quantitative estimate of drug-likeness (QED) is 0.460. The molecule has 4 heterocycles. The molecule has 2 saturated heterocycles. The van der Waals surface area contributed by atoms with Gasteiger partial charge in [0.15, 0.2) is 5.82 Å². The first-order valence-corrected chi connectivity index (χ1v) is 13.7. The molecule has 0 spiro atoms. The van der Waals surface area contributed by atoms with E-state index in [1.165, 1.54) is 0 Å². The molecule has 41 heavy (non-hydrogen) atoms. The van der Waals surface area contributed by atoms with Gasteiger partial charge >= 0.3 is 0 Å². The fourth-order valence-electron chi connectivity index (χ4n) is 5.17. The minimum atomic E-state index is -2.60. The smallest absolute Gasteiger partial charge is 0.250 e. The number of nitrogens with two attached hydrogens (primary N) is 1. The number of aromatic nitrogens is 3. The molecule has 2 aromatic heterocycles. The van der Waals surface area contributed by atoms with Crippen LogP contribution in [0.4, 0.5) is 26.1 Å². The van der Waals surface area contributed by atoms with Crippen molar-refractivity contribution in [3.05, 3.63) is 53.7 Å². The number of alkyl halides is 2. The van der Waals surface area contributed by atoms with Crippen LogP contribution in [0.25, 0.3) is 11.3 Å². The number of para-hydroxylation sites is 1. The second kappa shape index (κ2) is 11.9. The van der Waals surface area contributed by atoms with Crippen LogP contribution in [-0.2, 0) is 0 Å². The Morgan fingerprint density at radius 1 is 1.07 bits per heavy atom. The van der Waals surface area contributed by atoms with E-state index in [1.54, 1.807) is 24.3 Å². The van der Waals surface area contributed by atoms with E-state index < -0.39 is 5.92 Å². The second-order valence-corrected chi connectivity index (χ2v) is 10.4. The van der Waals surface area contributed by atoms with Crippen LogP contribution >= 0.6 is 0 Å². The number of hydrogen-bond acceptors (Lipinski definition) is 9. The molecule has 0 unspecified atom stereocenters. The van der Waals surface area contributed by atoms with Crippen LogP contribution in [0.1, 0.15) is 37.4 Å². The van der Waals surface area contributed by atoms with E-state index in [2.05, 4.69) is 44.8 Å². The highest BCUT2D eigenvalue weighted by atomic mass is 19.3. The average molecular weight is 559 g/mol. The SMILES string of the molecule is C[C@@H]1CCN(c2cc(-c3ccccc3O)nnc2N)CCN1c1ccc(C#N)c(C#CCN2CCC(F)(F)CC2)n1. The zero-order valence-corrected chi connectivity index (χ0v) is 22.9. The molecule has 11 heteroatoms. The molecule has 2 fully saturated rings. The van der Waals surface area contributed by atoms with E-state index in [0.29, 0.717) is 61.1 Å². The second-order valence-electron chi connectivity index (χ2n) is 10.4. The molecule has 5 rings (SSSR count). The lowest BCUT2D eigenvalue weighted by Gasteiger charge is -2.30. The van der Waals surface area contributed by atoms with Gasteiger partial charge in [-0.2, -0.15) is 5.26 Å². The maximum Gasteiger partial charge on any atom is 0.250 e. The van der Waals surface area contributed by atoms with Gasteiger partial charge in [0.25, 0.3) is 5.92 Å². The molecule has 1 atom stereocenters. The van der Waals surface area contributed by atoms with Gasteiger partial charge in [-0.25, -0.2) is 13.8 Å². The van der Waals surface area contributed by atoms with Crippen molar-refractivity contribution in [2.45, 2.75) is 38.2 Å². The average Bonchev–Trinajstić information content (AvgIpc) is 3.16. The number of nitrogen functional groups attached to an aromatic ring is 1. The summed E-state index contributed by atoms with van der Waals surface area (Å²) in [7, 11) is 0. The Morgan fingerprint density at radius 3 is 2.61 bits per heavy atom. The molecular formula is C30H32F2N8O. The predicted octanol–water partition coefficient (Wildman–Crippen LogP) is 3.89. The van der Waals surface area contributed by atoms with Crippen molar-refractivity contribution in [2.24, 2.45) is 0 Å². The number of anilines is 3. The Morgan fingerprint density at radius 2 is 1.85 bits per heavy atom. The van der Waals surface area contributed by atoms with E-state index in [-0.39, 0.29) is 24.6 Å². The Labute approximate surface area is 238 Å². The van der Waals surface area contributed by atoms with Crippen molar-refractivity contribution in [1.29, 1.82) is 5.26 Å². The van der Waals surface area contributed by atoms with Gasteiger partial charge < -0.3 is 20.6 Å². The van der Waals surface area contributed by atoms with E-state index in [0.717, 1.165) is 24.5 Å². The zero-order valence-electron chi connectivity index (χ0n) is 22.9. The molecule has 1 aromatic carbocycles. The van der Waals surface area contributed by atoms with Crippen LogP contribution in [0.3, 0.4) is 0 Å². The van der Waals surface area contributed by atoms with E-state index in [4.69, 9.17) is 10.7 Å². The number of aromatic hydroxyl groups is 1. The molecule has 3 N–H and O–H groups in total. The molecular weight excluding hydrogens is 526 g/mol. The largest absolute Gasteiger partial charge is 0.507 e. The Hall–Kier alpha value is -4.48. The molecule has 2 aliphatic heterocycles. The molecule has 212 valence electrons. The van der Waals surface area contributed by atoms with Gasteiger partial charge in [0, 0.05) is 57.2 Å². The van der Waals surface area contributed by atoms with Crippen molar-refractivity contribution in [2.75, 3.05) is 54.8 Å². The number of likely N-dealkylation sites (tertiary alicyclic amines) is 1. The summed E-state index contributed by atoms with van der Waals surface area (Å²) < 4.78 is 26.9. The molecule has 3 aromatic rings. The maximum absolute atomic E-state index is 13.5. The highest BCUT2D eigenvalue weighted by Gasteiger charge is 2.33. The van der Waals surface area contributed by atoms with Crippen molar-refractivity contribution in [3.63, 3.8) is 0 Å². The van der Waals surface area contributed by atoms with Crippen LogP contribution in [-0.4, -0.2) is 76.4 Å². The number of benzene rings is 1. The Balaban J connectivity index is 1.32. The third-order valence-corrected chi connectivity index (χ3v) is 7.67. The van der Waals surface area contributed by atoms with Crippen molar-refractivity contribution >= 4 is 17.3 Å². The minimum Gasteiger partial charge on any atom is -0.507 e. The van der Waals surface area contributed by atoms with Crippen LogP contribution < -0.4 is 15.5 Å². The third-order valence-electron chi connectivity index (χ3n) is 7.67. The third kappa shape index (κ3) is 6.47. The first-order valence-electron chi connectivity index (χ1n) is 13.7. The van der Waals surface area contributed by atoms with E-state index >= 15 is 0 Å². The summed E-state index contributed by atoms with van der Waals surface area (Å²) in [5.41, 5.74) is 8.88. The lowest BCUT2D eigenvalue weighted by molar-refractivity contribution is -0.0527. The number of piperidine rings is 1. The number of pyridine rings is 1. The van der Waals surface area contributed by atoms with Crippen molar-refractivity contribution < 1.29 is 13.9 Å². The van der Waals surface area contributed by atoms with Crippen LogP contribution in [0, 0.1) is 23.2 Å². The van der Waals surface area contributed by atoms with Gasteiger partial charge in [-0.3, -0.25) is 4.90 Å². The number of phenols is 1. The summed E-state index contributed by atoms with van der Waals surface area (Å²) in [6, 6.07) is 14.7. The van der Waals surface area contributed by atoms with Crippen LogP contribution in [0.2, 0.25) is 0 Å². The van der Waals surface area contributed by atoms with Gasteiger partial charge in [0.2, 0.25) is 0 Å². The zero-order chi connectivity index (χ0) is 29.0. The van der Waals surface area contributed by atoms with Gasteiger partial charge in [-0.15, -0.1) is 10.2 Å². The number of hydrogen-bond donors (Lipinski definition) is 2. The molecule has 0 aliphatic carbocycles. The maximum atomic E-state index is 13.5. The minimum absolute atomic E-state index is 0.122. The van der Waals surface area contributed by atoms with Crippen molar-refractivity contribution in [1.82, 2.24) is 20.1 Å². The van der Waals surface area contributed by atoms with E-state index in [1.807, 2.05) is 23.1 Å². The highest BCUT2D eigenvalue weighted by Crippen LogP contribution is 2.32. The fraction of sp³-hybridized carbons (Fsp3) is 0.400. The number of halogens is 2. The predicted molar refractivity (Wildman–Crippen MR) is 154 cm³/mol. The summed E-state index contributed by atoms with van der Waals surface area (Å²) >= 11 is 0. The van der Waals surface area contributed by atoms with Gasteiger partial charge in [-0.05, 0) is 49.6 Å². The number of rotatable bonds is 4. The first-order chi connectivity index (χ1) is 19.7. The van der Waals surface area contributed by atoms with E-state index in [9.17, 15) is 19.1 Å². The Bertz CT molecular complexity index is 1500. The lowest BCUT2D eigenvalue weighted by Crippen LogP contribution is -2.39. The van der Waals surface area contributed by atoms with Crippen molar-refractivity contribution in [3.8, 4) is 34.9 Å². The summed E-state index contributed by atoms with van der Waals surface area (Å²) in [6.07, 6.45) is 0.496. The fourth-order valence-corrected chi connectivity index (χ4v) is 5.17. The van der Waals surface area contributed by atoms with Gasteiger partial charge in [0.1, 0.15) is 23.3 Å². The standard InChI is InChI=1S/C30H32F2N8O/c1-21-10-14-39(26-19-25(36-37-29(26)34)23-5-2-3-7-27(23)41)17-18-40(21)28-9-8-22(20-33)24(35-28)6-4-13-38-15-11-30(31,32)12-16-38/h2-3,5,7-9,19,21,41H,10-18H2,1H3,(H2,34,37)/t21-/m1/s1. The molecule has 0 radical (unpaired) electrons. The summed E-state index contributed by atoms with van der Waals surface area (Å²) in [6.45, 7) is 5.09. The summed E-state index contributed by atoms with van der Waals surface area (Å²) in [5.74, 6) is 4.60. The topological polar surface area (TPSA) is 118 Å². The molecule has 2 aliphatic rings. The van der Waals surface area contributed by atoms with Crippen LogP contribution in [0.5, 0.6) is 5.75 Å². The van der Waals surface area contributed by atoms with Gasteiger partial charge in [-0.1, -0.05) is 18.1 Å². The number of nitrogens with zero attached hydrogens (tertiary/aromatic N) is 7. The number of nitriles is 1. The lowest BCUT2D eigenvalue weighted by atomic mass is 10.1. The van der Waals surface area contributed by atoms with Gasteiger partial charge in [0.05, 0.1) is 23.5 Å². The first kappa shape index (κ1) is 28.1. The number of phenolic OH excluding ortho intramolecular Hbond substituents is 1. The Kier molecular flexibility index (Phi) is 8.18. The monoisotopic (exact) mass is 558 g/mol. The molecule has 0 amide bonds. The van der Waals surface area contributed by atoms with Crippen LogP contribution in [0.15, 0.2) is 42.5 Å². The molecule has 0 saturated carbocycles. The summed E-state index contributed by atoms with van der Waals surface area (Å²) in [4.78, 5) is 11.0. The molecule has 0 bridgehead atoms. The normalized spacial score (nSPS) is 19.1. The molecule has 9 nitrogen and oxygen atoms in total. The summed E-state index contributed by atoms with van der Waals surface area (Å²) in [5, 5.41) is 28.3.